The predicted octanol–water partition coefficient (Wildman–Crippen LogP) is 3.20. The second-order valence-electron chi connectivity index (χ2n) is 5.18. The fourth-order valence-corrected chi connectivity index (χ4v) is 2.24. The average molecular weight is 233 g/mol. The van der Waals surface area contributed by atoms with E-state index in [-0.39, 0.29) is 6.04 Å². The van der Waals surface area contributed by atoms with Gasteiger partial charge in [0.05, 0.1) is 12.6 Å². The van der Waals surface area contributed by atoms with E-state index in [4.69, 9.17) is 10.5 Å². The van der Waals surface area contributed by atoms with E-state index in [2.05, 4.69) is 31.2 Å². The van der Waals surface area contributed by atoms with E-state index in [0.717, 1.165) is 12.5 Å². The largest absolute Gasteiger partial charge is 0.379 e. The summed E-state index contributed by atoms with van der Waals surface area (Å²) < 4.78 is 5.67. The maximum Gasteiger partial charge on any atom is 0.0659 e. The predicted molar refractivity (Wildman–Crippen MR) is 70.9 cm³/mol. The van der Waals surface area contributed by atoms with Crippen LogP contribution in [0, 0.1) is 12.8 Å². The topological polar surface area (TPSA) is 35.2 Å². The van der Waals surface area contributed by atoms with Gasteiger partial charge in [-0.3, -0.25) is 0 Å². The average Bonchev–Trinajstić information content (AvgIpc) is 2.26. The van der Waals surface area contributed by atoms with E-state index in [1.165, 1.54) is 36.8 Å². The van der Waals surface area contributed by atoms with Crippen LogP contribution in [0.25, 0.3) is 0 Å². The molecule has 2 nitrogen and oxygen atoms in total. The van der Waals surface area contributed by atoms with Crippen molar-refractivity contribution in [3.8, 4) is 0 Å². The van der Waals surface area contributed by atoms with E-state index in [1.807, 2.05) is 0 Å². The van der Waals surface area contributed by atoms with Gasteiger partial charge in [0, 0.05) is 6.61 Å². The van der Waals surface area contributed by atoms with Crippen molar-refractivity contribution in [2.75, 3.05) is 13.2 Å². The van der Waals surface area contributed by atoms with Crippen LogP contribution in [0.3, 0.4) is 0 Å². The summed E-state index contributed by atoms with van der Waals surface area (Å²) in [6, 6.07) is 8.37. The molecule has 94 valence electrons. The Morgan fingerprint density at radius 2 is 2.24 bits per heavy atom. The lowest BCUT2D eigenvalue weighted by Crippen LogP contribution is -2.19. The molecule has 1 atom stereocenters. The van der Waals surface area contributed by atoms with Crippen LogP contribution in [0.1, 0.15) is 42.9 Å². The summed E-state index contributed by atoms with van der Waals surface area (Å²) in [7, 11) is 0. The van der Waals surface area contributed by atoms with Gasteiger partial charge in [-0.25, -0.2) is 0 Å². The molecule has 0 aliphatic heterocycles. The fraction of sp³-hybridized carbons (Fsp3) is 0.600. The molecule has 0 bridgehead atoms. The first-order valence-corrected chi connectivity index (χ1v) is 6.65. The molecule has 1 aromatic carbocycles. The molecule has 2 N–H and O–H groups in total. The molecule has 1 unspecified atom stereocenters. The van der Waals surface area contributed by atoms with Crippen LogP contribution in [0.15, 0.2) is 24.3 Å². The smallest absolute Gasteiger partial charge is 0.0659 e. The van der Waals surface area contributed by atoms with Crippen LogP contribution in [0.4, 0.5) is 0 Å². The first-order valence-electron chi connectivity index (χ1n) is 6.65. The lowest BCUT2D eigenvalue weighted by molar-refractivity contribution is 0.0962. The van der Waals surface area contributed by atoms with Gasteiger partial charge in [-0.05, 0) is 24.8 Å². The highest BCUT2D eigenvalue weighted by Gasteiger charge is 2.16. The number of benzene rings is 1. The van der Waals surface area contributed by atoms with Crippen LogP contribution in [-0.4, -0.2) is 13.2 Å². The van der Waals surface area contributed by atoms with Crippen molar-refractivity contribution in [2.45, 2.75) is 38.6 Å². The zero-order valence-corrected chi connectivity index (χ0v) is 10.7. The third kappa shape index (κ3) is 3.83. The molecule has 1 saturated carbocycles. The van der Waals surface area contributed by atoms with E-state index >= 15 is 0 Å². The Labute approximate surface area is 104 Å². The summed E-state index contributed by atoms with van der Waals surface area (Å²) in [5.74, 6) is 0.921. The number of hydrogen-bond donors (Lipinski definition) is 1. The third-order valence-electron chi connectivity index (χ3n) is 3.66. The molecular weight excluding hydrogens is 210 g/mol. The summed E-state index contributed by atoms with van der Waals surface area (Å²) in [6.07, 6.45) is 5.41. The van der Waals surface area contributed by atoms with E-state index in [9.17, 15) is 0 Å². The maximum atomic E-state index is 6.10. The SMILES string of the molecule is Cc1cccc(C(N)COCCC2CCC2)c1. The molecule has 17 heavy (non-hydrogen) atoms. The molecule has 1 aliphatic rings. The number of rotatable bonds is 6. The Balaban J connectivity index is 1.67. The van der Waals surface area contributed by atoms with Crippen molar-refractivity contribution in [3.63, 3.8) is 0 Å². The summed E-state index contributed by atoms with van der Waals surface area (Å²) in [5.41, 5.74) is 8.53. The van der Waals surface area contributed by atoms with Gasteiger partial charge in [0.1, 0.15) is 0 Å². The summed E-state index contributed by atoms with van der Waals surface area (Å²) in [6.45, 7) is 3.59. The highest BCUT2D eigenvalue weighted by molar-refractivity contribution is 5.24. The third-order valence-corrected chi connectivity index (χ3v) is 3.66. The molecule has 0 saturated heterocycles. The lowest BCUT2D eigenvalue weighted by Gasteiger charge is -2.25. The molecule has 1 fully saturated rings. The molecular formula is C15H23NO. The van der Waals surface area contributed by atoms with Crippen molar-refractivity contribution >= 4 is 0 Å². The van der Waals surface area contributed by atoms with Crippen molar-refractivity contribution in [1.29, 1.82) is 0 Å². The molecule has 1 aromatic rings. The Morgan fingerprint density at radius 3 is 2.88 bits per heavy atom. The van der Waals surface area contributed by atoms with Gasteiger partial charge in [0.25, 0.3) is 0 Å². The molecule has 0 aromatic heterocycles. The van der Waals surface area contributed by atoms with Gasteiger partial charge in [-0.1, -0.05) is 49.1 Å². The van der Waals surface area contributed by atoms with Crippen LogP contribution < -0.4 is 5.73 Å². The van der Waals surface area contributed by atoms with Crippen LogP contribution >= 0.6 is 0 Å². The molecule has 2 rings (SSSR count). The van der Waals surface area contributed by atoms with E-state index in [0.29, 0.717) is 6.61 Å². The van der Waals surface area contributed by atoms with Gasteiger partial charge in [0.2, 0.25) is 0 Å². The number of hydrogen-bond acceptors (Lipinski definition) is 2. The van der Waals surface area contributed by atoms with Gasteiger partial charge in [0.15, 0.2) is 0 Å². The van der Waals surface area contributed by atoms with Crippen LogP contribution in [0.5, 0.6) is 0 Å². The monoisotopic (exact) mass is 233 g/mol. The first kappa shape index (κ1) is 12.6. The Hall–Kier alpha value is -0.860. The molecule has 1 aliphatic carbocycles. The highest BCUT2D eigenvalue weighted by Crippen LogP contribution is 2.29. The first-order chi connectivity index (χ1) is 8.25. The molecule has 0 heterocycles. The van der Waals surface area contributed by atoms with Gasteiger partial charge in [-0.2, -0.15) is 0 Å². The van der Waals surface area contributed by atoms with Crippen molar-refractivity contribution in [1.82, 2.24) is 0 Å². The second-order valence-corrected chi connectivity index (χ2v) is 5.18. The normalized spacial score (nSPS) is 17.8. The minimum Gasteiger partial charge on any atom is -0.379 e. The van der Waals surface area contributed by atoms with Crippen molar-refractivity contribution < 1.29 is 4.74 Å². The van der Waals surface area contributed by atoms with E-state index < -0.39 is 0 Å². The maximum absolute atomic E-state index is 6.10. The molecule has 0 amide bonds. The van der Waals surface area contributed by atoms with Crippen molar-refractivity contribution in [3.05, 3.63) is 35.4 Å². The Kier molecular flexibility index (Phi) is 4.57. The number of nitrogens with two attached hydrogens (primary N) is 1. The van der Waals surface area contributed by atoms with Crippen LogP contribution in [0.2, 0.25) is 0 Å². The number of ether oxygens (including phenoxy) is 1. The Morgan fingerprint density at radius 1 is 1.41 bits per heavy atom. The van der Waals surface area contributed by atoms with Gasteiger partial charge >= 0.3 is 0 Å². The zero-order valence-electron chi connectivity index (χ0n) is 10.7. The van der Waals surface area contributed by atoms with Gasteiger partial charge in [-0.15, -0.1) is 0 Å². The standard InChI is InChI=1S/C15H23NO/c1-12-4-2-7-14(10-12)15(16)11-17-9-8-13-5-3-6-13/h2,4,7,10,13,15H,3,5-6,8-9,11,16H2,1H3. The quantitative estimate of drug-likeness (QED) is 0.766. The molecule has 0 radical (unpaired) electrons. The minimum absolute atomic E-state index is 0.0105. The second kappa shape index (κ2) is 6.18. The van der Waals surface area contributed by atoms with E-state index in [1.54, 1.807) is 0 Å². The number of aryl methyl sites for hydroxylation is 1. The highest BCUT2D eigenvalue weighted by atomic mass is 16.5. The van der Waals surface area contributed by atoms with Gasteiger partial charge < -0.3 is 10.5 Å². The summed E-state index contributed by atoms with van der Waals surface area (Å²) in [4.78, 5) is 0. The fourth-order valence-electron chi connectivity index (χ4n) is 2.24. The Bertz CT molecular complexity index is 347. The van der Waals surface area contributed by atoms with Crippen LogP contribution in [-0.2, 0) is 4.74 Å². The molecule has 0 spiro atoms. The summed E-state index contributed by atoms with van der Waals surface area (Å²) in [5, 5.41) is 0. The van der Waals surface area contributed by atoms with Crippen molar-refractivity contribution in [2.24, 2.45) is 11.7 Å². The summed E-state index contributed by atoms with van der Waals surface area (Å²) >= 11 is 0. The zero-order chi connectivity index (χ0) is 12.1. The molecule has 2 heteroatoms. The minimum atomic E-state index is 0.0105. The lowest BCUT2D eigenvalue weighted by atomic mass is 9.83.